The van der Waals surface area contributed by atoms with Crippen LogP contribution in [0.5, 0.6) is 5.75 Å². The Bertz CT molecular complexity index is 1160. The Kier molecular flexibility index (Phi) is 9.61. The van der Waals surface area contributed by atoms with Gasteiger partial charge in [0.1, 0.15) is 22.9 Å². The number of carbonyl (C=O) groups is 3. The highest BCUT2D eigenvalue weighted by Gasteiger charge is 2.28. The van der Waals surface area contributed by atoms with E-state index in [2.05, 4.69) is 10.6 Å². The van der Waals surface area contributed by atoms with Crippen LogP contribution in [-0.4, -0.2) is 60.2 Å². The Morgan fingerprint density at radius 2 is 1.51 bits per heavy atom. The molecule has 8 nitrogen and oxygen atoms in total. The minimum absolute atomic E-state index is 0.00420. The van der Waals surface area contributed by atoms with E-state index in [9.17, 15) is 23.2 Å². The molecule has 1 saturated heterocycles. The van der Waals surface area contributed by atoms with Gasteiger partial charge < -0.3 is 25.4 Å². The molecule has 0 bridgehead atoms. The van der Waals surface area contributed by atoms with E-state index in [4.69, 9.17) is 21.4 Å². The molecule has 3 amide bonds. The van der Waals surface area contributed by atoms with Crippen LogP contribution in [0.15, 0.2) is 36.4 Å². The van der Waals surface area contributed by atoms with Crippen molar-refractivity contribution in [2.75, 3.05) is 26.2 Å². The van der Waals surface area contributed by atoms with Crippen molar-refractivity contribution in [3.8, 4) is 5.75 Å². The molecule has 3 N–H and O–H groups in total. The molecule has 0 aromatic heterocycles. The Morgan fingerprint density at radius 3 is 2.10 bits per heavy atom. The van der Waals surface area contributed by atoms with Gasteiger partial charge in [-0.25, -0.2) is 13.6 Å². The Labute approximate surface area is 230 Å². The molecule has 1 aliphatic heterocycles. The Balaban J connectivity index is 1.19. The molecule has 1 heterocycles. The standard InChI is InChI=1S/C28H32ClF2N3O5/c29-20-5-1-17(2-6-20)18-9-13-34(14-10-18)28(38)33-12-11-32-26(35)25-23(30)15-22(16-24(25)31)39-21-7-3-19(4-8-21)27(36)37/h1-2,5-6,15-16,18-19,21H,3-4,7-14H2,(H,32,35)(H,33,38)(H,36,37)/t19-,21+. The van der Waals surface area contributed by atoms with Crippen molar-refractivity contribution in [1.29, 1.82) is 0 Å². The molecule has 11 heteroatoms. The lowest BCUT2D eigenvalue weighted by molar-refractivity contribution is -0.143. The van der Waals surface area contributed by atoms with Crippen molar-refractivity contribution >= 4 is 29.5 Å². The van der Waals surface area contributed by atoms with Gasteiger partial charge in [-0.05, 0) is 62.1 Å². The predicted octanol–water partition coefficient (Wildman–Crippen LogP) is 4.96. The zero-order valence-corrected chi connectivity index (χ0v) is 22.2. The Hall–Kier alpha value is -3.40. The van der Waals surface area contributed by atoms with Gasteiger partial charge in [0.25, 0.3) is 5.91 Å². The van der Waals surface area contributed by atoms with E-state index in [-0.39, 0.29) is 31.0 Å². The smallest absolute Gasteiger partial charge is 0.317 e. The lowest BCUT2D eigenvalue weighted by Gasteiger charge is -2.32. The molecule has 2 aromatic carbocycles. The lowest BCUT2D eigenvalue weighted by Crippen LogP contribution is -2.46. The highest BCUT2D eigenvalue weighted by Crippen LogP contribution is 2.30. The number of nitrogens with zero attached hydrogens (tertiary/aromatic N) is 1. The van der Waals surface area contributed by atoms with Gasteiger partial charge in [-0.15, -0.1) is 0 Å². The van der Waals surface area contributed by atoms with E-state index >= 15 is 0 Å². The molecule has 0 unspecified atom stereocenters. The van der Waals surface area contributed by atoms with Crippen molar-refractivity contribution in [3.63, 3.8) is 0 Å². The number of carbonyl (C=O) groups excluding carboxylic acids is 2. The summed E-state index contributed by atoms with van der Waals surface area (Å²) in [5.74, 6) is -4.02. The topological polar surface area (TPSA) is 108 Å². The third-order valence-corrected chi connectivity index (χ3v) is 7.63. The number of likely N-dealkylation sites (tertiary alicyclic amines) is 1. The van der Waals surface area contributed by atoms with E-state index in [1.807, 2.05) is 24.3 Å². The van der Waals surface area contributed by atoms with E-state index in [1.165, 1.54) is 5.56 Å². The van der Waals surface area contributed by atoms with Gasteiger partial charge in [0.05, 0.1) is 12.0 Å². The monoisotopic (exact) mass is 563 g/mol. The van der Waals surface area contributed by atoms with E-state index in [0.29, 0.717) is 49.7 Å². The summed E-state index contributed by atoms with van der Waals surface area (Å²) in [5, 5.41) is 14.9. The van der Waals surface area contributed by atoms with E-state index < -0.39 is 35.0 Å². The summed E-state index contributed by atoms with van der Waals surface area (Å²) in [4.78, 5) is 37.7. The number of piperidine rings is 1. The minimum Gasteiger partial charge on any atom is -0.490 e. The van der Waals surface area contributed by atoms with Crippen LogP contribution in [0.3, 0.4) is 0 Å². The summed E-state index contributed by atoms with van der Waals surface area (Å²) in [5.41, 5.74) is 0.469. The van der Waals surface area contributed by atoms with Gasteiger partial charge in [0.15, 0.2) is 0 Å². The third kappa shape index (κ3) is 7.59. The number of benzene rings is 2. The number of ether oxygens (including phenoxy) is 1. The van der Waals surface area contributed by atoms with Crippen LogP contribution in [0.4, 0.5) is 13.6 Å². The van der Waals surface area contributed by atoms with Crippen LogP contribution < -0.4 is 15.4 Å². The van der Waals surface area contributed by atoms with Gasteiger partial charge in [-0.1, -0.05) is 23.7 Å². The quantitative estimate of drug-likeness (QED) is 0.394. The molecule has 210 valence electrons. The number of carboxylic acid groups (broad SMARTS) is 1. The third-order valence-electron chi connectivity index (χ3n) is 7.38. The van der Waals surface area contributed by atoms with Crippen LogP contribution in [-0.2, 0) is 4.79 Å². The zero-order valence-electron chi connectivity index (χ0n) is 21.4. The van der Waals surface area contributed by atoms with Crippen LogP contribution in [0, 0.1) is 17.6 Å². The predicted molar refractivity (Wildman–Crippen MR) is 141 cm³/mol. The van der Waals surface area contributed by atoms with Crippen LogP contribution >= 0.6 is 11.6 Å². The summed E-state index contributed by atoms with van der Waals surface area (Å²) < 4.78 is 34.8. The second kappa shape index (κ2) is 13.1. The number of rotatable bonds is 8. The maximum Gasteiger partial charge on any atom is 0.317 e. The van der Waals surface area contributed by atoms with Crippen molar-refractivity contribution < 1.29 is 33.0 Å². The molecule has 2 aliphatic rings. The molecule has 1 aliphatic carbocycles. The highest BCUT2D eigenvalue weighted by atomic mass is 35.5. The summed E-state index contributed by atoms with van der Waals surface area (Å²) in [6.45, 7) is 1.29. The summed E-state index contributed by atoms with van der Waals surface area (Å²) >= 11 is 5.95. The second-order valence-corrected chi connectivity index (χ2v) is 10.4. The average molecular weight is 564 g/mol. The van der Waals surface area contributed by atoms with E-state index in [0.717, 1.165) is 25.0 Å². The molecular formula is C28H32ClF2N3O5. The minimum atomic E-state index is -1.06. The first-order chi connectivity index (χ1) is 18.7. The SMILES string of the molecule is O=C(NCCNC(=O)N1CCC(c2ccc(Cl)cc2)CC1)c1c(F)cc(O[C@H]2CC[C@@H](C(=O)O)CC2)cc1F. The van der Waals surface area contributed by atoms with Crippen molar-refractivity contribution in [2.24, 2.45) is 5.92 Å². The normalized spacial score (nSPS) is 19.8. The molecule has 4 rings (SSSR count). The Morgan fingerprint density at radius 1 is 0.923 bits per heavy atom. The maximum absolute atomic E-state index is 14.6. The number of halogens is 3. The fraction of sp³-hybridized carbons (Fsp3) is 0.464. The van der Waals surface area contributed by atoms with Gasteiger partial charge in [0.2, 0.25) is 0 Å². The molecular weight excluding hydrogens is 532 g/mol. The maximum atomic E-state index is 14.6. The first-order valence-electron chi connectivity index (χ1n) is 13.2. The lowest BCUT2D eigenvalue weighted by atomic mass is 9.87. The van der Waals surface area contributed by atoms with Crippen LogP contribution in [0.25, 0.3) is 0 Å². The highest BCUT2D eigenvalue weighted by molar-refractivity contribution is 6.30. The average Bonchev–Trinajstić information content (AvgIpc) is 2.91. The summed E-state index contributed by atoms with van der Waals surface area (Å²) in [6, 6.07) is 9.39. The molecule has 0 spiro atoms. The number of amides is 3. The molecule has 39 heavy (non-hydrogen) atoms. The van der Waals surface area contributed by atoms with Gasteiger partial charge >= 0.3 is 12.0 Å². The molecule has 2 fully saturated rings. The summed E-state index contributed by atoms with van der Waals surface area (Å²) in [6.07, 6.45) is 3.11. The molecule has 2 aromatic rings. The number of nitrogens with one attached hydrogen (secondary N) is 2. The number of aliphatic carboxylic acids is 1. The number of carboxylic acids is 1. The van der Waals surface area contributed by atoms with Crippen molar-refractivity contribution in [3.05, 3.63) is 64.2 Å². The van der Waals surface area contributed by atoms with Crippen LogP contribution in [0.2, 0.25) is 5.02 Å². The fourth-order valence-electron chi connectivity index (χ4n) is 5.15. The molecule has 1 saturated carbocycles. The molecule has 0 atom stereocenters. The number of hydrogen-bond donors (Lipinski definition) is 3. The number of hydrogen-bond acceptors (Lipinski definition) is 4. The van der Waals surface area contributed by atoms with Gasteiger partial charge in [-0.2, -0.15) is 0 Å². The van der Waals surface area contributed by atoms with Gasteiger partial charge in [-0.3, -0.25) is 9.59 Å². The zero-order chi connectivity index (χ0) is 27.9. The van der Waals surface area contributed by atoms with Gasteiger partial charge in [0, 0.05) is 43.3 Å². The largest absolute Gasteiger partial charge is 0.490 e. The van der Waals surface area contributed by atoms with Crippen molar-refractivity contribution in [1.82, 2.24) is 15.5 Å². The molecule has 0 radical (unpaired) electrons. The first kappa shape index (κ1) is 28.6. The van der Waals surface area contributed by atoms with E-state index in [1.54, 1.807) is 4.90 Å². The first-order valence-corrected chi connectivity index (χ1v) is 13.5. The second-order valence-electron chi connectivity index (χ2n) is 9.99. The van der Waals surface area contributed by atoms with Crippen LogP contribution in [0.1, 0.15) is 60.4 Å². The number of urea groups is 1. The summed E-state index contributed by atoms with van der Waals surface area (Å²) in [7, 11) is 0. The van der Waals surface area contributed by atoms with Crippen molar-refractivity contribution in [2.45, 2.75) is 50.5 Å². The fourth-order valence-corrected chi connectivity index (χ4v) is 5.28.